The lowest BCUT2D eigenvalue weighted by molar-refractivity contribution is -0.114. The lowest BCUT2D eigenvalue weighted by atomic mass is 10.2. The molecule has 0 aliphatic carbocycles. The number of carbonyl (C=O) groups is 1. The zero-order valence-electron chi connectivity index (χ0n) is 9.49. The highest BCUT2D eigenvalue weighted by Crippen LogP contribution is 2.32. The predicted molar refractivity (Wildman–Crippen MR) is 67.4 cm³/mol. The summed E-state index contributed by atoms with van der Waals surface area (Å²) in [4.78, 5) is 10.7. The van der Waals surface area contributed by atoms with Crippen molar-refractivity contribution in [2.75, 3.05) is 18.3 Å². The maximum Gasteiger partial charge on any atom is 0.231 e. The second kappa shape index (κ2) is 5.65. The number of thioether (sulfide) groups is 1. The number of hydrogen-bond donors (Lipinski definition) is 0. The number of hydrogen-bond acceptors (Lipinski definition) is 4. The number of carbonyl (C=O) groups excluding carboxylic acids is 1. The van der Waals surface area contributed by atoms with Gasteiger partial charge in [0.25, 0.3) is 0 Å². The first kappa shape index (κ1) is 11.9. The summed E-state index contributed by atoms with van der Waals surface area (Å²) in [6.07, 6.45) is 0. The van der Waals surface area contributed by atoms with Gasteiger partial charge in [-0.3, -0.25) is 4.79 Å². The maximum absolute atomic E-state index is 10.7. The standard InChI is InChI=1S/C13H12O3S/c1-10(14)8-17-6-2-3-11-4-5-12-13(7-11)16-9-15-12/h4-5,7H,6,8-9H2,1H3. The van der Waals surface area contributed by atoms with Crippen molar-refractivity contribution in [3.63, 3.8) is 0 Å². The van der Waals surface area contributed by atoms with Crippen LogP contribution in [0.1, 0.15) is 12.5 Å². The second-order valence-electron chi connectivity index (χ2n) is 3.56. The van der Waals surface area contributed by atoms with Crippen molar-refractivity contribution in [1.82, 2.24) is 0 Å². The highest BCUT2D eigenvalue weighted by Gasteiger charge is 2.12. The third kappa shape index (κ3) is 3.43. The van der Waals surface area contributed by atoms with Gasteiger partial charge >= 0.3 is 0 Å². The Bertz CT molecular complexity index is 485. The largest absolute Gasteiger partial charge is 0.454 e. The Labute approximate surface area is 104 Å². The third-order valence-electron chi connectivity index (χ3n) is 2.08. The van der Waals surface area contributed by atoms with E-state index >= 15 is 0 Å². The topological polar surface area (TPSA) is 35.5 Å². The van der Waals surface area contributed by atoms with Gasteiger partial charge in [-0.15, -0.1) is 11.8 Å². The zero-order chi connectivity index (χ0) is 12.1. The Hall–Kier alpha value is -1.60. The van der Waals surface area contributed by atoms with E-state index in [1.54, 1.807) is 6.92 Å². The van der Waals surface area contributed by atoms with Crippen molar-refractivity contribution in [3.05, 3.63) is 23.8 Å². The minimum atomic E-state index is 0.180. The third-order valence-corrected chi connectivity index (χ3v) is 3.04. The molecule has 17 heavy (non-hydrogen) atoms. The van der Waals surface area contributed by atoms with Gasteiger partial charge in [0.1, 0.15) is 5.78 Å². The van der Waals surface area contributed by atoms with Crippen LogP contribution in [0.4, 0.5) is 0 Å². The van der Waals surface area contributed by atoms with Crippen LogP contribution in [-0.4, -0.2) is 24.1 Å². The zero-order valence-corrected chi connectivity index (χ0v) is 10.3. The molecule has 88 valence electrons. The van der Waals surface area contributed by atoms with Gasteiger partial charge in [-0.2, -0.15) is 0 Å². The minimum absolute atomic E-state index is 0.180. The van der Waals surface area contributed by atoms with E-state index in [1.165, 1.54) is 11.8 Å². The normalized spacial score (nSPS) is 11.8. The van der Waals surface area contributed by atoms with Crippen molar-refractivity contribution in [2.45, 2.75) is 6.92 Å². The van der Waals surface area contributed by atoms with Crippen molar-refractivity contribution < 1.29 is 14.3 Å². The van der Waals surface area contributed by atoms with Crippen LogP contribution in [0.3, 0.4) is 0 Å². The molecule has 0 saturated carbocycles. The number of ether oxygens (including phenoxy) is 2. The molecule has 3 nitrogen and oxygen atoms in total. The molecule has 1 aliphatic heterocycles. The molecule has 4 heteroatoms. The molecule has 0 N–H and O–H groups in total. The number of benzene rings is 1. The quantitative estimate of drug-likeness (QED) is 0.606. The Balaban J connectivity index is 1.91. The first-order valence-corrected chi connectivity index (χ1v) is 6.37. The molecule has 1 aromatic rings. The summed E-state index contributed by atoms with van der Waals surface area (Å²) in [5.41, 5.74) is 0.901. The molecule has 1 heterocycles. The summed E-state index contributed by atoms with van der Waals surface area (Å²) in [6.45, 7) is 1.86. The SMILES string of the molecule is CC(=O)CSCC#Cc1ccc2c(c1)OCO2. The molecule has 0 fully saturated rings. The van der Waals surface area contributed by atoms with E-state index in [0.29, 0.717) is 11.5 Å². The smallest absolute Gasteiger partial charge is 0.231 e. The van der Waals surface area contributed by atoms with Gasteiger partial charge in [0.15, 0.2) is 11.5 Å². The highest BCUT2D eigenvalue weighted by atomic mass is 32.2. The first-order chi connectivity index (χ1) is 8.25. The summed E-state index contributed by atoms with van der Waals surface area (Å²) in [6, 6.07) is 5.62. The van der Waals surface area contributed by atoms with Gasteiger partial charge in [-0.1, -0.05) is 11.8 Å². The molecule has 0 radical (unpaired) electrons. The monoisotopic (exact) mass is 248 g/mol. The Morgan fingerprint density at radius 2 is 2.24 bits per heavy atom. The number of fused-ring (bicyclic) bond motifs is 1. The molecular formula is C13H12O3S. The summed E-state index contributed by atoms with van der Waals surface area (Å²) < 4.78 is 10.5. The molecule has 2 rings (SSSR count). The van der Waals surface area contributed by atoms with Crippen molar-refractivity contribution in [3.8, 4) is 23.3 Å². The molecule has 1 aromatic carbocycles. The van der Waals surface area contributed by atoms with E-state index in [4.69, 9.17) is 9.47 Å². The Morgan fingerprint density at radius 1 is 1.41 bits per heavy atom. The average Bonchev–Trinajstić information content (AvgIpc) is 2.75. The summed E-state index contributed by atoms with van der Waals surface area (Å²) in [5.74, 6) is 8.92. The fourth-order valence-electron chi connectivity index (χ4n) is 1.36. The summed E-state index contributed by atoms with van der Waals surface area (Å²) >= 11 is 1.53. The van der Waals surface area contributed by atoms with Crippen LogP contribution in [0, 0.1) is 11.8 Å². The predicted octanol–water partition coefficient (Wildman–Crippen LogP) is 2.09. The molecule has 0 aromatic heterocycles. The Morgan fingerprint density at radius 3 is 3.06 bits per heavy atom. The fourth-order valence-corrected chi connectivity index (χ4v) is 1.92. The number of Topliss-reactive ketones (excluding diaryl/α,β-unsaturated/α-hetero) is 1. The van der Waals surface area contributed by atoms with E-state index in [-0.39, 0.29) is 12.6 Å². The van der Waals surface area contributed by atoms with Crippen LogP contribution >= 0.6 is 11.8 Å². The van der Waals surface area contributed by atoms with Gasteiger partial charge in [-0.05, 0) is 25.1 Å². The lowest BCUT2D eigenvalue weighted by Gasteiger charge is -1.95. The van der Waals surface area contributed by atoms with Crippen LogP contribution in [0.2, 0.25) is 0 Å². The number of ketones is 1. The van der Waals surface area contributed by atoms with E-state index in [0.717, 1.165) is 17.1 Å². The van der Waals surface area contributed by atoms with Crippen LogP contribution in [0.15, 0.2) is 18.2 Å². The van der Waals surface area contributed by atoms with Crippen LogP contribution < -0.4 is 9.47 Å². The fraction of sp³-hybridized carbons (Fsp3) is 0.308. The van der Waals surface area contributed by atoms with Crippen molar-refractivity contribution >= 4 is 17.5 Å². The molecule has 0 amide bonds. The molecule has 0 bridgehead atoms. The average molecular weight is 248 g/mol. The van der Waals surface area contributed by atoms with E-state index in [2.05, 4.69) is 11.8 Å². The van der Waals surface area contributed by atoms with Gasteiger partial charge in [0.05, 0.1) is 11.5 Å². The molecular weight excluding hydrogens is 236 g/mol. The summed E-state index contributed by atoms with van der Waals surface area (Å²) in [7, 11) is 0. The second-order valence-corrected chi connectivity index (χ2v) is 4.55. The van der Waals surface area contributed by atoms with Gasteiger partial charge in [0.2, 0.25) is 6.79 Å². The van der Waals surface area contributed by atoms with E-state index < -0.39 is 0 Å². The van der Waals surface area contributed by atoms with Gasteiger partial charge < -0.3 is 9.47 Å². The van der Waals surface area contributed by atoms with Crippen molar-refractivity contribution in [1.29, 1.82) is 0 Å². The first-order valence-electron chi connectivity index (χ1n) is 5.21. The molecule has 0 atom stereocenters. The minimum Gasteiger partial charge on any atom is -0.454 e. The molecule has 0 spiro atoms. The van der Waals surface area contributed by atoms with E-state index in [1.807, 2.05) is 18.2 Å². The molecule has 1 aliphatic rings. The van der Waals surface area contributed by atoms with Crippen LogP contribution in [0.25, 0.3) is 0 Å². The van der Waals surface area contributed by atoms with Gasteiger partial charge in [0, 0.05) is 5.56 Å². The lowest BCUT2D eigenvalue weighted by Crippen LogP contribution is -1.93. The summed E-state index contributed by atoms with van der Waals surface area (Å²) in [5, 5.41) is 0. The van der Waals surface area contributed by atoms with Crippen LogP contribution in [0.5, 0.6) is 11.5 Å². The van der Waals surface area contributed by atoms with Crippen LogP contribution in [-0.2, 0) is 4.79 Å². The number of rotatable bonds is 3. The maximum atomic E-state index is 10.7. The molecule has 0 saturated heterocycles. The Kier molecular flexibility index (Phi) is 3.94. The van der Waals surface area contributed by atoms with Crippen molar-refractivity contribution in [2.24, 2.45) is 0 Å². The highest BCUT2D eigenvalue weighted by molar-refractivity contribution is 8.00. The van der Waals surface area contributed by atoms with Gasteiger partial charge in [-0.25, -0.2) is 0 Å². The molecule has 0 unspecified atom stereocenters. The van der Waals surface area contributed by atoms with E-state index in [9.17, 15) is 4.79 Å².